The first kappa shape index (κ1) is 33.1. The summed E-state index contributed by atoms with van der Waals surface area (Å²) in [7, 11) is 3.50. The van der Waals surface area contributed by atoms with E-state index < -0.39 is 6.17 Å². The van der Waals surface area contributed by atoms with E-state index in [0.717, 1.165) is 87.7 Å². The van der Waals surface area contributed by atoms with Gasteiger partial charge in [0, 0.05) is 55.3 Å². The third-order valence-electron chi connectivity index (χ3n) is 10.4. The molecule has 0 unspecified atom stereocenters. The number of nitrogens with one attached hydrogen (secondary N) is 1. The van der Waals surface area contributed by atoms with Gasteiger partial charge < -0.3 is 19.7 Å². The lowest BCUT2D eigenvalue weighted by atomic mass is 9.93. The molecule has 11 nitrogen and oxygen atoms in total. The largest absolute Gasteiger partial charge is 0.493 e. The molecule has 2 aromatic heterocycles. The molecule has 2 fully saturated rings. The lowest BCUT2D eigenvalue weighted by molar-refractivity contribution is -0.815. The number of anilines is 1. The summed E-state index contributed by atoms with van der Waals surface area (Å²) in [5.41, 5.74) is 2.51. The second kappa shape index (κ2) is 13.9. The van der Waals surface area contributed by atoms with Crippen molar-refractivity contribution in [3.05, 3.63) is 89.0 Å². The van der Waals surface area contributed by atoms with Gasteiger partial charge in [-0.25, -0.2) is 18.7 Å². The number of aryl methyl sites for hydroxylation is 1. The van der Waals surface area contributed by atoms with Crippen LogP contribution in [0.3, 0.4) is 0 Å². The second-order valence-electron chi connectivity index (χ2n) is 13.8. The number of halogens is 1. The first-order valence-corrected chi connectivity index (χ1v) is 17.7. The van der Waals surface area contributed by atoms with Crippen molar-refractivity contribution in [2.45, 2.75) is 32.4 Å². The molecule has 1 N–H and O–H groups in total. The number of para-hydroxylation sites is 1. The number of piperazine rings is 1. The van der Waals surface area contributed by atoms with Gasteiger partial charge in [0.15, 0.2) is 12.9 Å². The fraction of sp³-hybridized carbons (Fsp3) is 0.385. The maximum absolute atomic E-state index is 14.9. The molecule has 0 radical (unpaired) electrons. The number of likely N-dealkylation sites (N-methyl/N-ethyl adjacent to an activating group) is 1. The van der Waals surface area contributed by atoms with Crippen LogP contribution < -0.4 is 14.8 Å². The molecular formula is C39H43FN7O4+. The highest BCUT2D eigenvalue weighted by Crippen LogP contribution is 2.43. The van der Waals surface area contributed by atoms with E-state index in [9.17, 15) is 9.30 Å². The monoisotopic (exact) mass is 692 g/mol. The minimum absolute atomic E-state index is 0.296. The predicted molar refractivity (Wildman–Crippen MR) is 196 cm³/mol. The zero-order valence-electron chi connectivity index (χ0n) is 29.3. The molecule has 0 amide bonds. The fourth-order valence-electron chi connectivity index (χ4n) is 7.29. The van der Waals surface area contributed by atoms with Gasteiger partial charge in [0.05, 0.1) is 17.9 Å². The van der Waals surface area contributed by atoms with Crippen LogP contribution in [0, 0.1) is 23.6 Å². The Labute approximate surface area is 295 Å². The van der Waals surface area contributed by atoms with Gasteiger partial charge in [-0.15, -0.1) is 0 Å². The van der Waals surface area contributed by atoms with Gasteiger partial charge in [0.1, 0.15) is 35.8 Å². The molecule has 8 rings (SSSR count). The number of nitrogens with zero attached hydrogens (tertiary/aromatic N) is 6. The Morgan fingerprint density at radius 1 is 0.961 bits per heavy atom. The molecule has 3 heterocycles. The fourth-order valence-corrected chi connectivity index (χ4v) is 7.29. The molecular weight excluding hydrogens is 649 g/mol. The number of benzene rings is 4. The molecule has 51 heavy (non-hydrogen) atoms. The minimum Gasteiger partial charge on any atom is -0.493 e. The van der Waals surface area contributed by atoms with Gasteiger partial charge in [-0.05, 0) is 90.2 Å². The smallest absolute Gasteiger partial charge is 0.334 e. The normalized spacial score (nSPS) is 16.2. The van der Waals surface area contributed by atoms with E-state index >= 15 is 0 Å². The van der Waals surface area contributed by atoms with Crippen LogP contribution in [0.4, 0.5) is 10.2 Å². The first-order chi connectivity index (χ1) is 24.9. The maximum atomic E-state index is 14.9. The van der Waals surface area contributed by atoms with Crippen LogP contribution in [0.25, 0.3) is 37.8 Å². The Bertz CT molecular complexity index is 2250. The zero-order valence-corrected chi connectivity index (χ0v) is 29.3. The Balaban J connectivity index is 1.20. The van der Waals surface area contributed by atoms with Gasteiger partial charge in [0.25, 0.3) is 0 Å². The summed E-state index contributed by atoms with van der Waals surface area (Å²) in [5, 5.41) is 13.2. The van der Waals surface area contributed by atoms with Crippen molar-refractivity contribution in [3.63, 3.8) is 0 Å². The molecule has 1 saturated carbocycles. The van der Waals surface area contributed by atoms with Crippen LogP contribution >= 0.6 is 0 Å². The zero-order chi connectivity index (χ0) is 35.1. The summed E-state index contributed by atoms with van der Waals surface area (Å²) < 4.78 is 29.2. The molecule has 1 saturated heterocycles. The molecule has 12 heteroatoms. The Kier molecular flexibility index (Phi) is 9.03. The third kappa shape index (κ3) is 6.61. The molecule has 264 valence electrons. The Hall–Kier alpha value is -5.07. The molecule has 0 bridgehead atoms. The molecule has 1 aliphatic heterocycles. The van der Waals surface area contributed by atoms with Crippen molar-refractivity contribution in [1.29, 1.82) is 0 Å². The van der Waals surface area contributed by atoms with Gasteiger partial charge in [-0.3, -0.25) is 4.90 Å². The predicted octanol–water partition coefficient (Wildman–Crippen LogP) is 6.37. The molecule has 4 aromatic carbocycles. The summed E-state index contributed by atoms with van der Waals surface area (Å²) in [6.07, 6.45) is 5.22. The Morgan fingerprint density at radius 2 is 1.76 bits per heavy atom. The van der Waals surface area contributed by atoms with Crippen LogP contribution in [-0.2, 0) is 11.3 Å². The van der Waals surface area contributed by atoms with Gasteiger partial charge in [-0.2, -0.15) is 5.10 Å². The van der Waals surface area contributed by atoms with Crippen molar-refractivity contribution in [2.24, 2.45) is 5.92 Å². The van der Waals surface area contributed by atoms with E-state index in [0.29, 0.717) is 41.8 Å². The van der Waals surface area contributed by atoms with Crippen molar-refractivity contribution in [2.75, 3.05) is 65.4 Å². The van der Waals surface area contributed by atoms with Crippen molar-refractivity contribution in [1.82, 2.24) is 24.4 Å². The molecule has 1 aliphatic carbocycles. The lowest BCUT2D eigenvalue weighted by Gasteiger charge is -2.32. The number of rotatable bonds is 13. The summed E-state index contributed by atoms with van der Waals surface area (Å²) in [6.45, 7) is 8.24. The number of ether oxygens (including phenoxy) is 2. The molecule has 2 aliphatic rings. The topological polar surface area (TPSA) is 96.5 Å². The van der Waals surface area contributed by atoms with Crippen molar-refractivity contribution >= 4 is 43.7 Å². The highest BCUT2D eigenvalue weighted by molar-refractivity contribution is 6.31. The van der Waals surface area contributed by atoms with Crippen LogP contribution in [-0.4, -0.2) is 95.6 Å². The van der Waals surface area contributed by atoms with Crippen LogP contribution in [0.2, 0.25) is 0 Å². The highest BCUT2D eigenvalue weighted by atomic mass is 19.1. The average Bonchev–Trinajstić information content (AvgIpc) is 3.89. The van der Waals surface area contributed by atoms with E-state index in [1.54, 1.807) is 10.6 Å². The maximum Gasteiger partial charge on any atom is 0.334 e. The van der Waals surface area contributed by atoms with E-state index in [1.165, 1.54) is 32.3 Å². The van der Waals surface area contributed by atoms with Gasteiger partial charge in [-0.1, -0.05) is 24.3 Å². The summed E-state index contributed by atoms with van der Waals surface area (Å²) in [5.74, 6) is 2.27. The number of hydrogen-bond acceptors (Lipinski definition) is 9. The summed E-state index contributed by atoms with van der Waals surface area (Å²) >= 11 is 0. The van der Waals surface area contributed by atoms with E-state index in [4.69, 9.17) is 14.3 Å². The second-order valence-corrected chi connectivity index (χ2v) is 13.8. The highest BCUT2D eigenvalue weighted by Gasteiger charge is 2.32. The van der Waals surface area contributed by atoms with Crippen LogP contribution in [0.5, 0.6) is 11.5 Å². The Morgan fingerprint density at radius 3 is 2.57 bits per heavy atom. The number of aromatic nitrogens is 3. The summed E-state index contributed by atoms with van der Waals surface area (Å²) in [4.78, 5) is 28.4. The number of fused-ring (bicyclic) bond motifs is 8. The molecule has 0 spiro atoms. The first-order valence-electron chi connectivity index (χ1n) is 17.7. The molecule has 6 aromatic rings. The van der Waals surface area contributed by atoms with E-state index in [2.05, 4.69) is 32.2 Å². The summed E-state index contributed by atoms with van der Waals surface area (Å²) in [6, 6.07) is 16.7. The van der Waals surface area contributed by atoms with Gasteiger partial charge >= 0.3 is 6.17 Å². The van der Waals surface area contributed by atoms with E-state index in [-0.39, 0.29) is 5.82 Å². The van der Waals surface area contributed by atoms with E-state index in [1.807, 2.05) is 55.6 Å². The standard InChI is InChI=1S/C39H43FN7O4/c1-25-33(50-19-18-45-16-14-44(2)15-17-45)13-12-30-36(25)31-21-28(40)10-11-29(31)32-22-46-38(37(30)32)39(41-24-42-46)43-35(47(48)49-3)20-27-6-4-5-7-34(27)51-23-26-8-9-26/h4-7,10-13,21-22,24,26,35H,8-9,14-20,23H2,1-3H3,(H,41,42,43)/q+1/t35-/m1/s1. The van der Waals surface area contributed by atoms with Gasteiger partial charge in [0.2, 0.25) is 4.92 Å². The minimum atomic E-state index is -0.841. The quantitative estimate of drug-likeness (QED) is 0.0842. The van der Waals surface area contributed by atoms with Crippen molar-refractivity contribution in [3.8, 4) is 11.5 Å². The average molecular weight is 693 g/mol. The lowest BCUT2D eigenvalue weighted by Crippen LogP contribution is -2.45. The molecule has 1 atom stereocenters. The SMILES string of the molecule is CO[N+](=O)[C@H](Cc1ccccc1OCC1CC1)Nc1ncnn2cc3c4ccc(F)cc4c4c(C)c(OCCN5CCN(C)CC5)ccc4c3c12. The third-order valence-corrected chi connectivity index (χ3v) is 10.4. The number of hydrogen-bond donors (Lipinski definition) is 1. The van der Waals surface area contributed by atoms with Crippen LogP contribution in [0.1, 0.15) is 24.0 Å². The van der Waals surface area contributed by atoms with Crippen LogP contribution in [0.15, 0.2) is 67.1 Å². The van der Waals surface area contributed by atoms with Crippen molar-refractivity contribution < 1.29 is 23.6 Å².